The smallest absolute Gasteiger partial charge is 2.00 e. The molecule has 0 N–H and O–H groups in total. The molecule has 0 atom stereocenters. The molecule has 0 aromatic carbocycles. The number of halogens is 2. The number of aromatic nitrogens is 6. The van der Waals surface area contributed by atoms with Gasteiger partial charge in [0.15, 0.2) is 0 Å². The van der Waals surface area contributed by atoms with Gasteiger partial charge in [0.2, 0.25) is 0 Å². The Morgan fingerprint density at radius 2 is 0.508 bits per heavy atom. The second-order valence-electron chi connectivity index (χ2n) is 10.1. The first kappa shape index (κ1) is 58.4. The van der Waals surface area contributed by atoms with Gasteiger partial charge in [0, 0.05) is 49.1 Å². The number of carboxylic acid groups (broad SMARTS) is 2. The Morgan fingerprint density at radius 3 is 0.593 bits per heavy atom. The predicted octanol–water partition coefficient (Wildman–Crippen LogP) is -6.02. The number of rotatable bonds is 6. The molecule has 0 aliphatic heterocycles. The van der Waals surface area contributed by atoms with Crippen molar-refractivity contribution in [2.45, 2.75) is 25.7 Å². The average Bonchev–Trinajstić information content (AvgIpc) is 3.13. The van der Waals surface area contributed by atoms with Gasteiger partial charge in [0.05, 0.1) is 46.0 Å². The molecule has 0 saturated heterocycles. The number of nitrogens with zero attached hydrogens (tertiary/aromatic N) is 6. The van der Waals surface area contributed by atoms with E-state index in [2.05, 4.69) is 29.9 Å². The van der Waals surface area contributed by atoms with Crippen molar-refractivity contribution >= 4 is 11.9 Å². The van der Waals surface area contributed by atoms with Crippen LogP contribution in [0.3, 0.4) is 0 Å². The van der Waals surface area contributed by atoms with E-state index in [9.17, 15) is 0 Å². The summed E-state index contributed by atoms with van der Waals surface area (Å²) in [6, 6.07) is 35.5. The van der Waals surface area contributed by atoms with Gasteiger partial charge >= 0.3 is 34.1 Å². The van der Waals surface area contributed by atoms with E-state index in [0.717, 1.165) is 48.0 Å². The summed E-state index contributed by atoms with van der Waals surface area (Å²) < 4.78 is 67.9. The molecule has 6 heterocycles. The van der Waals surface area contributed by atoms with Crippen LogP contribution in [-0.4, -0.2) is 41.8 Å². The van der Waals surface area contributed by atoms with Crippen LogP contribution in [0.4, 0.5) is 0 Å². The molecule has 6 aromatic heterocycles. The molecule has 6 aromatic rings. The number of hydrogen-bond donors (Lipinski definition) is 0. The SMILES string of the molecule is CC(=O)[O-].CC(=O)[O-].[Mn+3].[Mn+3].[O-2].[O-][Cl+3]([O-])([O-])[O-].[O-][Cl+3]([O-])([O-])[O-].c1ccc(C(c2ccccn2)c2ccccn2)nc1.c1ccc(C(c2ccccn2)c2ccccn2)nc1. The first-order chi connectivity index (χ1) is 26.4. The molecular formula is C36H32Cl2Mn2N6O13. The maximum absolute atomic E-state index is 8.89. The number of aliphatic carboxylic acids is 2. The standard InChI is InChI=1S/2C16H13N3.2C2H4O2.2ClHO4.2Mn.O/c2*1-4-10-17-13(7-1)16(14-8-2-5-11-18-14)15-9-3-6-12-19-15;2*1-2(3)4;2*2-1(3,4)5;;;/h2*1-12,16H;2*1H3,(H,3,4);2*(H,2,3,4,5);;;/q;;;;;;2*+3;-2/p-4. The van der Waals surface area contributed by atoms with Crippen LogP contribution in [0.15, 0.2) is 146 Å². The van der Waals surface area contributed by atoms with Crippen molar-refractivity contribution in [3.8, 4) is 0 Å². The average molecular weight is 937 g/mol. The summed E-state index contributed by atoms with van der Waals surface area (Å²) in [7, 11) is -9.89. The molecule has 0 aliphatic rings. The van der Waals surface area contributed by atoms with Crippen LogP contribution in [0.5, 0.6) is 0 Å². The minimum Gasteiger partial charge on any atom is -2.00 e. The number of carbonyl (C=O) groups excluding carboxylic acids is 2. The fourth-order valence-corrected chi connectivity index (χ4v) is 4.19. The Labute approximate surface area is 363 Å². The van der Waals surface area contributed by atoms with E-state index in [-0.39, 0.29) is 51.4 Å². The fourth-order valence-electron chi connectivity index (χ4n) is 4.19. The van der Waals surface area contributed by atoms with Gasteiger partial charge in [0.25, 0.3) is 0 Å². The van der Waals surface area contributed by atoms with Crippen molar-refractivity contribution in [1.82, 2.24) is 29.9 Å². The van der Waals surface area contributed by atoms with Crippen LogP contribution in [0.1, 0.15) is 59.8 Å². The second-order valence-corrected chi connectivity index (χ2v) is 11.6. The Morgan fingerprint density at radius 1 is 0.390 bits per heavy atom. The summed E-state index contributed by atoms with van der Waals surface area (Å²) in [5.41, 5.74) is 5.75. The molecule has 0 aliphatic carbocycles. The molecule has 0 radical (unpaired) electrons. The van der Waals surface area contributed by atoms with Gasteiger partial charge in [-0.25, -0.2) is 37.3 Å². The minimum absolute atomic E-state index is 0. The summed E-state index contributed by atoms with van der Waals surface area (Å²) in [5.74, 6) is -2.22. The van der Waals surface area contributed by atoms with E-state index in [1.54, 1.807) is 37.2 Å². The maximum Gasteiger partial charge on any atom is 3.00 e. The zero-order valence-corrected chi connectivity index (χ0v) is 34.4. The van der Waals surface area contributed by atoms with E-state index in [1.165, 1.54) is 0 Å². The van der Waals surface area contributed by atoms with Crippen molar-refractivity contribution in [1.29, 1.82) is 0 Å². The van der Waals surface area contributed by atoms with Gasteiger partial charge < -0.3 is 25.3 Å². The quantitative estimate of drug-likeness (QED) is 0.140. The van der Waals surface area contributed by atoms with E-state index >= 15 is 0 Å². The minimum atomic E-state index is -4.94. The molecule has 312 valence electrons. The molecule has 19 nitrogen and oxygen atoms in total. The van der Waals surface area contributed by atoms with Crippen molar-refractivity contribution in [3.05, 3.63) is 181 Å². The van der Waals surface area contributed by atoms with Gasteiger partial charge in [-0.2, -0.15) is 0 Å². The normalized spacial score (nSPS) is 9.69. The van der Waals surface area contributed by atoms with Crippen molar-refractivity contribution in [2.24, 2.45) is 0 Å². The molecule has 6 rings (SSSR count). The first-order valence-corrected chi connectivity index (χ1v) is 17.9. The fraction of sp³-hybridized carbons (Fsp3) is 0.111. The zero-order valence-electron chi connectivity index (χ0n) is 30.5. The third-order valence-electron chi connectivity index (χ3n) is 5.90. The molecular weight excluding hydrogens is 905 g/mol. The van der Waals surface area contributed by atoms with Crippen LogP contribution >= 0.6 is 0 Å². The molecule has 0 saturated carbocycles. The van der Waals surface area contributed by atoms with Gasteiger partial charge in [-0.3, -0.25) is 29.9 Å². The summed E-state index contributed by atoms with van der Waals surface area (Å²) in [6.45, 7) is 1.94. The molecule has 0 amide bonds. The predicted molar refractivity (Wildman–Crippen MR) is 169 cm³/mol. The topological polar surface area (TPSA) is 371 Å². The van der Waals surface area contributed by atoms with Crippen LogP contribution in [0, 0.1) is 20.5 Å². The molecule has 23 heteroatoms. The molecule has 0 fully saturated rings. The Balaban J connectivity index is -0.000000732. The van der Waals surface area contributed by atoms with Crippen LogP contribution in [0.25, 0.3) is 0 Å². The van der Waals surface area contributed by atoms with E-state index < -0.39 is 32.4 Å². The van der Waals surface area contributed by atoms with Gasteiger partial charge in [-0.05, 0) is 86.6 Å². The number of carboxylic acids is 2. The van der Waals surface area contributed by atoms with Crippen molar-refractivity contribution < 1.29 is 117 Å². The molecule has 0 unspecified atom stereocenters. The summed E-state index contributed by atoms with van der Waals surface area (Å²) in [6.07, 6.45) is 10.8. The Bertz CT molecular complexity index is 1580. The Hall–Kier alpha value is -4.90. The maximum atomic E-state index is 8.89. The molecule has 0 spiro atoms. The van der Waals surface area contributed by atoms with Crippen molar-refractivity contribution in [2.75, 3.05) is 0 Å². The zero-order chi connectivity index (χ0) is 42.0. The summed E-state index contributed by atoms with van der Waals surface area (Å²) in [5, 5.41) is 17.8. The third-order valence-corrected chi connectivity index (χ3v) is 5.90. The monoisotopic (exact) mass is 936 g/mol. The van der Waals surface area contributed by atoms with Crippen molar-refractivity contribution in [3.63, 3.8) is 0 Å². The number of hydrogen-bond acceptors (Lipinski definition) is 18. The third kappa shape index (κ3) is 30.8. The van der Waals surface area contributed by atoms with E-state index in [0.29, 0.717) is 0 Å². The first-order valence-electron chi connectivity index (χ1n) is 15.4. The Kier molecular flexibility index (Phi) is 31.7. The largest absolute Gasteiger partial charge is 3.00 e. The van der Waals surface area contributed by atoms with Gasteiger partial charge in [-0.15, -0.1) is 20.5 Å². The van der Waals surface area contributed by atoms with Gasteiger partial charge in [-0.1, -0.05) is 36.4 Å². The van der Waals surface area contributed by atoms with E-state index in [1.807, 2.05) is 109 Å². The summed E-state index contributed by atoms with van der Waals surface area (Å²) >= 11 is 0. The van der Waals surface area contributed by atoms with Crippen LogP contribution < -0.4 is 47.5 Å². The summed E-state index contributed by atoms with van der Waals surface area (Å²) in [4.78, 5) is 44.5. The number of carbonyl (C=O) groups is 2. The van der Waals surface area contributed by atoms with E-state index in [4.69, 9.17) is 57.1 Å². The van der Waals surface area contributed by atoms with Crippen LogP contribution in [-0.2, 0) is 49.2 Å². The second kappa shape index (κ2) is 32.0. The molecule has 59 heavy (non-hydrogen) atoms. The van der Waals surface area contributed by atoms with Gasteiger partial charge in [0.1, 0.15) is 0 Å². The number of pyridine rings is 6. The molecule has 0 bridgehead atoms. The van der Waals surface area contributed by atoms with Crippen LogP contribution in [0.2, 0.25) is 0 Å².